The van der Waals surface area contributed by atoms with Gasteiger partial charge in [0.05, 0.1) is 0 Å². The summed E-state index contributed by atoms with van der Waals surface area (Å²) < 4.78 is 0. The first kappa shape index (κ1) is 12.0. The summed E-state index contributed by atoms with van der Waals surface area (Å²) in [4.78, 5) is 0. The van der Waals surface area contributed by atoms with Crippen molar-refractivity contribution in [3.05, 3.63) is 29.8 Å². The summed E-state index contributed by atoms with van der Waals surface area (Å²) in [5, 5.41) is 3.66. The van der Waals surface area contributed by atoms with E-state index in [1.54, 1.807) is 0 Å². The minimum absolute atomic E-state index is 0.876. The third-order valence-electron chi connectivity index (χ3n) is 4.38. The predicted molar refractivity (Wildman–Crippen MR) is 76.4 cm³/mol. The molecule has 0 saturated heterocycles. The highest BCUT2D eigenvalue weighted by atomic mass is 14.9. The molecule has 0 bridgehead atoms. The number of benzene rings is 1. The topological polar surface area (TPSA) is 38.0 Å². The van der Waals surface area contributed by atoms with Gasteiger partial charge in [-0.2, -0.15) is 0 Å². The van der Waals surface area contributed by atoms with E-state index in [0.29, 0.717) is 0 Å². The van der Waals surface area contributed by atoms with E-state index in [0.717, 1.165) is 36.4 Å². The summed E-state index contributed by atoms with van der Waals surface area (Å²) in [7, 11) is 0. The van der Waals surface area contributed by atoms with Crippen LogP contribution in [0.25, 0.3) is 0 Å². The van der Waals surface area contributed by atoms with Gasteiger partial charge in [0.15, 0.2) is 0 Å². The summed E-state index contributed by atoms with van der Waals surface area (Å²) in [6, 6.07) is 8.24. The van der Waals surface area contributed by atoms with E-state index in [2.05, 4.69) is 17.4 Å². The monoisotopic (exact) mass is 244 g/mol. The van der Waals surface area contributed by atoms with Crippen LogP contribution >= 0.6 is 0 Å². The van der Waals surface area contributed by atoms with Crippen LogP contribution in [0.3, 0.4) is 0 Å². The second kappa shape index (κ2) is 5.31. The minimum Gasteiger partial charge on any atom is -0.399 e. The number of hydrogen-bond donors (Lipinski definition) is 2. The van der Waals surface area contributed by atoms with Gasteiger partial charge in [-0.1, -0.05) is 12.1 Å². The van der Waals surface area contributed by atoms with Crippen molar-refractivity contribution in [2.75, 3.05) is 18.8 Å². The Morgan fingerprint density at radius 2 is 1.89 bits per heavy atom. The van der Waals surface area contributed by atoms with E-state index in [1.807, 2.05) is 12.1 Å². The molecule has 0 heterocycles. The maximum Gasteiger partial charge on any atom is 0.0316 e. The Morgan fingerprint density at radius 3 is 2.50 bits per heavy atom. The Labute approximate surface area is 110 Å². The molecule has 3 rings (SSSR count). The SMILES string of the molecule is Nc1cccc(CCNCC(C2CC2)C2CC2)c1. The summed E-state index contributed by atoms with van der Waals surface area (Å²) in [6.07, 6.45) is 7.03. The molecule has 2 heteroatoms. The second-order valence-electron chi connectivity index (χ2n) is 6.04. The van der Waals surface area contributed by atoms with Gasteiger partial charge in [-0.05, 0) is 80.6 Å². The molecule has 1 aromatic rings. The zero-order valence-corrected chi connectivity index (χ0v) is 11.1. The molecule has 0 aliphatic heterocycles. The van der Waals surface area contributed by atoms with E-state index < -0.39 is 0 Å². The molecule has 2 aliphatic rings. The van der Waals surface area contributed by atoms with Crippen LogP contribution in [0.1, 0.15) is 31.2 Å². The molecule has 0 radical (unpaired) electrons. The Bertz CT molecular complexity index is 382. The fourth-order valence-electron chi connectivity index (χ4n) is 3.02. The van der Waals surface area contributed by atoms with E-state index >= 15 is 0 Å². The van der Waals surface area contributed by atoms with Crippen molar-refractivity contribution in [3.63, 3.8) is 0 Å². The van der Waals surface area contributed by atoms with Crippen LogP contribution in [0.4, 0.5) is 5.69 Å². The number of hydrogen-bond acceptors (Lipinski definition) is 2. The average Bonchev–Trinajstić information content (AvgIpc) is 3.23. The molecule has 2 aliphatic carbocycles. The van der Waals surface area contributed by atoms with Crippen molar-refractivity contribution < 1.29 is 0 Å². The van der Waals surface area contributed by atoms with Gasteiger partial charge >= 0.3 is 0 Å². The first-order chi connectivity index (χ1) is 8.83. The molecular formula is C16H24N2. The molecule has 0 aromatic heterocycles. The number of nitrogens with two attached hydrogens (primary N) is 1. The summed E-state index contributed by atoms with van der Waals surface area (Å²) in [5.74, 6) is 3.08. The molecule has 98 valence electrons. The van der Waals surface area contributed by atoms with Gasteiger partial charge in [0, 0.05) is 5.69 Å². The van der Waals surface area contributed by atoms with Gasteiger partial charge in [0.2, 0.25) is 0 Å². The lowest BCUT2D eigenvalue weighted by Crippen LogP contribution is -2.27. The lowest BCUT2D eigenvalue weighted by Gasteiger charge is -2.16. The van der Waals surface area contributed by atoms with Crippen LogP contribution < -0.4 is 11.1 Å². The number of rotatable bonds is 7. The Balaban J connectivity index is 1.39. The quantitative estimate of drug-likeness (QED) is 0.572. The fourth-order valence-corrected chi connectivity index (χ4v) is 3.02. The maximum absolute atomic E-state index is 5.79. The van der Waals surface area contributed by atoms with E-state index in [1.165, 1.54) is 37.8 Å². The summed E-state index contributed by atoms with van der Waals surface area (Å²) >= 11 is 0. The van der Waals surface area contributed by atoms with Crippen molar-refractivity contribution >= 4 is 5.69 Å². The van der Waals surface area contributed by atoms with Crippen molar-refractivity contribution in [1.29, 1.82) is 0 Å². The first-order valence-corrected chi connectivity index (χ1v) is 7.38. The number of nitrogen functional groups attached to an aromatic ring is 1. The van der Waals surface area contributed by atoms with Gasteiger partial charge in [-0.3, -0.25) is 0 Å². The van der Waals surface area contributed by atoms with Gasteiger partial charge in [-0.15, -0.1) is 0 Å². The van der Waals surface area contributed by atoms with Crippen LogP contribution in [-0.4, -0.2) is 13.1 Å². The molecule has 0 spiro atoms. The Morgan fingerprint density at radius 1 is 1.17 bits per heavy atom. The highest BCUT2D eigenvalue weighted by molar-refractivity contribution is 5.40. The van der Waals surface area contributed by atoms with Crippen molar-refractivity contribution in [2.24, 2.45) is 17.8 Å². The maximum atomic E-state index is 5.79. The van der Waals surface area contributed by atoms with Crippen LogP contribution in [0, 0.1) is 17.8 Å². The molecule has 2 saturated carbocycles. The molecule has 2 fully saturated rings. The van der Waals surface area contributed by atoms with Crippen LogP contribution in [-0.2, 0) is 6.42 Å². The van der Waals surface area contributed by atoms with Crippen LogP contribution in [0.2, 0.25) is 0 Å². The van der Waals surface area contributed by atoms with Gasteiger partial charge in [0.25, 0.3) is 0 Å². The average molecular weight is 244 g/mol. The molecule has 2 nitrogen and oxygen atoms in total. The van der Waals surface area contributed by atoms with E-state index in [-0.39, 0.29) is 0 Å². The fraction of sp³-hybridized carbons (Fsp3) is 0.625. The molecule has 18 heavy (non-hydrogen) atoms. The lowest BCUT2D eigenvalue weighted by atomic mass is 9.98. The largest absolute Gasteiger partial charge is 0.399 e. The van der Waals surface area contributed by atoms with E-state index in [9.17, 15) is 0 Å². The van der Waals surface area contributed by atoms with Crippen molar-refractivity contribution in [2.45, 2.75) is 32.1 Å². The molecule has 1 aromatic carbocycles. The Kier molecular flexibility index (Phi) is 3.55. The molecule has 3 N–H and O–H groups in total. The van der Waals surface area contributed by atoms with E-state index in [4.69, 9.17) is 5.73 Å². The molecule has 0 atom stereocenters. The van der Waals surface area contributed by atoms with Crippen LogP contribution in [0.15, 0.2) is 24.3 Å². The Hall–Kier alpha value is -1.02. The molecule has 0 unspecified atom stereocenters. The minimum atomic E-state index is 0.876. The van der Waals surface area contributed by atoms with Gasteiger partial charge in [0.1, 0.15) is 0 Å². The van der Waals surface area contributed by atoms with Crippen molar-refractivity contribution in [3.8, 4) is 0 Å². The van der Waals surface area contributed by atoms with Gasteiger partial charge < -0.3 is 11.1 Å². The third-order valence-corrected chi connectivity index (χ3v) is 4.38. The summed E-state index contributed by atoms with van der Waals surface area (Å²) in [5.41, 5.74) is 8.01. The molecular weight excluding hydrogens is 220 g/mol. The van der Waals surface area contributed by atoms with Gasteiger partial charge in [-0.25, -0.2) is 0 Å². The second-order valence-corrected chi connectivity index (χ2v) is 6.04. The lowest BCUT2D eigenvalue weighted by molar-refractivity contribution is 0.380. The highest BCUT2D eigenvalue weighted by Gasteiger charge is 2.40. The normalized spacial score (nSPS) is 19.4. The first-order valence-electron chi connectivity index (χ1n) is 7.38. The predicted octanol–water partition coefficient (Wildman–Crippen LogP) is 2.84. The molecule has 0 amide bonds. The zero-order valence-electron chi connectivity index (χ0n) is 11.1. The summed E-state index contributed by atoms with van der Waals surface area (Å²) in [6.45, 7) is 2.32. The standard InChI is InChI=1S/C16H24N2/c17-15-3-1-2-12(10-15)8-9-18-11-16(13-4-5-13)14-6-7-14/h1-3,10,13-14,16,18H,4-9,11,17H2. The van der Waals surface area contributed by atoms with Crippen LogP contribution in [0.5, 0.6) is 0 Å². The zero-order chi connectivity index (χ0) is 12.4. The smallest absolute Gasteiger partial charge is 0.0316 e. The third kappa shape index (κ3) is 3.26. The van der Waals surface area contributed by atoms with Crippen molar-refractivity contribution in [1.82, 2.24) is 5.32 Å². The number of anilines is 1. The highest BCUT2D eigenvalue weighted by Crippen LogP contribution is 2.48. The number of nitrogens with one attached hydrogen (secondary N) is 1.